The maximum Gasteiger partial charge on any atom is 0.240 e. The highest BCUT2D eigenvalue weighted by atomic mass is 16.2. The van der Waals surface area contributed by atoms with Crippen LogP contribution in [0.5, 0.6) is 0 Å². The minimum atomic E-state index is 0.0149. The smallest absolute Gasteiger partial charge is 0.240 e. The molecule has 0 spiro atoms. The molecule has 1 aromatic carbocycles. The fraction of sp³-hybridized carbons (Fsp3) is 0.529. The number of amides is 1. The van der Waals surface area contributed by atoms with Gasteiger partial charge >= 0.3 is 0 Å². The molecule has 0 bridgehead atoms. The predicted octanol–water partition coefficient (Wildman–Crippen LogP) is 2.73. The van der Waals surface area contributed by atoms with Gasteiger partial charge in [-0.2, -0.15) is 0 Å². The monoisotopic (exact) mass is 302 g/mol. The van der Waals surface area contributed by atoms with Crippen LogP contribution in [-0.2, 0) is 17.8 Å². The first-order chi connectivity index (χ1) is 10.4. The molecule has 1 aromatic heterocycles. The summed E-state index contributed by atoms with van der Waals surface area (Å²) in [4.78, 5) is 16.9. The Morgan fingerprint density at radius 2 is 2.09 bits per heavy atom. The lowest BCUT2D eigenvalue weighted by Crippen LogP contribution is -2.35. The van der Waals surface area contributed by atoms with E-state index in [0.717, 1.165) is 29.7 Å². The molecule has 1 unspecified atom stereocenters. The van der Waals surface area contributed by atoms with E-state index in [0.29, 0.717) is 11.6 Å². The summed E-state index contributed by atoms with van der Waals surface area (Å²) in [6.45, 7) is 8.64. The van der Waals surface area contributed by atoms with E-state index in [4.69, 9.17) is 5.73 Å². The molecule has 0 saturated heterocycles. The Balaban J connectivity index is 2.37. The van der Waals surface area contributed by atoms with Gasteiger partial charge in [-0.25, -0.2) is 4.98 Å². The molecule has 120 valence electrons. The van der Waals surface area contributed by atoms with Crippen molar-refractivity contribution >= 4 is 22.6 Å². The third-order valence-electron chi connectivity index (χ3n) is 3.80. The second-order valence-electron chi connectivity index (χ2n) is 6.30. The number of rotatable bonds is 6. The minimum Gasteiger partial charge on any atom is -0.397 e. The first kappa shape index (κ1) is 16.3. The molecular weight excluding hydrogens is 276 g/mol. The van der Waals surface area contributed by atoms with Gasteiger partial charge in [-0.05, 0) is 31.4 Å². The average molecular weight is 302 g/mol. The van der Waals surface area contributed by atoms with Gasteiger partial charge < -0.3 is 15.6 Å². The quantitative estimate of drug-likeness (QED) is 0.806. The van der Waals surface area contributed by atoms with Crippen LogP contribution in [0.4, 0.5) is 5.69 Å². The number of hydrogen-bond donors (Lipinski definition) is 2. The summed E-state index contributed by atoms with van der Waals surface area (Å²) < 4.78 is 1.99. The molecule has 0 fully saturated rings. The number of carbonyl (C=O) groups excluding carboxylic acids is 1. The van der Waals surface area contributed by atoms with Crippen molar-refractivity contribution in [3.63, 3.8) is 0 Å². The molecule has 5 heteroatoms. The predicted molar refractivity (Wildman–Crippen MR) is 90.6 cm³/mol. The first-order valence-corrected chi connectivity index (χ1v) is 7.95. The summed E-state index contributed by atoms with van der Waals surface area (Å²) in [5.41, 5.74) is 8.39. The highest BCUT2D eigenvalue weighted by molar-refractivity contribution is 5.89. The number of nitrogens with one attached hydrogen (secondary N) is 1. The number of fused-ring (bicyclic) bond motifs is 1. The van der Waals surface area contributed by atoms with E-state index >= 15 is 0 Å². The molecule has 5 nitrogen and oxygen atoms in total. The molecule has 0 radical (unpaired) electrons. The largest absolute Gasteiger partial charge is 0.397 e. The van der Waals surface area contributed by atoms with Gasteiger partial charge in [0.1, 0.15) is 17.9 Å². The fourth-order valence-electron chi connectivity index (χ4n) is 2.48. The van der Waals surface area contributed by atoms with Crippen LogP contribution in [0.3, 0.4) is 0 Å². The van der Waals surface area contributed by atoms with Crippen LogP contribution in [-0.4, -0.2) is 21.5 Å². The molecule has 1 atom stereocenters. The van der Waals surface area contributed by atoms with Crippen LogP contribution in [0.1, 0.15) is 39.9 Å². The van der Waals surface area contributed by atoms with Crippen LogP contribution in [0.15, 0.2) is 18.2 Å². The van der Waals surface area contributed by atoms with Gasteiger partial charge in [-0.1, -0.05) is 26.8 Å². The third-order valence-corrected chi connectivity index (χ3v) is 3.80. The minimum absolute atomic E-state index is 0.0149. The number of para-hydroxylation sites is 1. The summed E-state index contributed by atoms with van der Waals surface area (Å²) in [5, 5.41) is 3.01. The lowest BCUT2D eigenvalue weighted by atomic mass is 10.1. The van der Waals surface area contributed by atoms with E-state index in [9.17, 15) is 4.79 Å². The van der Waals surface area contributed by atoms with Gasteiger partial charge in [-0.15, -0.1) is 0 Å². The molecule has 2 rings (SSSR count). The van der Waals surface area contributed by atoms with Crippen molar-refractivity contribution in [2.24, 2.45) is 5.92 Å². The van der Waals surface area contributed by atoms with Gasteiger partial charge in [0.25, 0.3) is 0 Å². The Hall–Kier alpha value is -2.04. The first-order valence-electron chi connectivity index (χ1n) is 7.95. The Labute approximate surface area is 131 Å². The molecule has 3 N–H and O–H groups in total. The topological polar surface area (TPSA) is 72.9 Å². The SMILES string of the molecule is CCC(C)NC(=O)Cn1c(CC(C)C)nc2c(N)cccc21. The van der Waals surface area contributed by atoms with Crippen LogP contribution in [0, 0.1) is 5.92 Å². The Kier molecular flexibility index (Phi) is 5.06. The van der Waals surface area contributed by atoms with Crippen LogP contribution in [0.2, 0.25) is 0 Å². The van der Waals surface area contributed by atoms with E-state index < -0.39 is 0 Å². The lowest BCUT2D eigenvalue weighted by molar-refractivity contribution is -0.122. The normalized spacial score (nSPS) is 12.8. The summed E-state index contributed by atoms with van der Waals surface area (Å²) in [5.74, 6) is 1.40. The van der Waals surface area contributed by atoms with Crippen molar-refractivity contribution in [2.75, 3.05) is 5.73 Å². The Morgan fingerprint density at radius 3 is 2.73 bits per heavy atom. The van der Waals surface area contributed by atoms with Gasteiger partial charge in [-0.3, -0.25) is 4.79 Å². The molecule has 2 aromatic rings. The lowest BCUT2D eigenvalue weighted by Gasteiger charge is -2.14. The van der Waals surface area contributed by atoms with Crippen molar-refractivity contribution in [1.82, 2.24) is 14.9 Å². The number of imidazole rings is 1. The number of nitrogens with two attached hydrogens (primary N) is 1. The molecular formula is C17H26N4O. The maximum absolute atomic E-state index is 12.3. The van der Waals surface area contributed by atoms with Crippen LogP contribution < -0.4 is 11.1 Å². The Morgan fingerprint density at radius 1 is 1.36 bits per heavy atom. The Bertz CT molecular complexity index is 660. The van der Waals surface area contributed by atoms with Crippen LogP contribution in [0.25, 0.3) is 11.0 Å². The van der Waals surface area contributed by atoms with Gasteiger partial charge in [0.05, 0.1) is 11.2 Å². The molecule has 0 aliphatic carbocycles. The van der Waals surface area contributed by atoms with E-state index in [1.807, 2.05) is 29.7 Å². The van der Waals surface area contributed by atoms with E-state index in [1.165, 1.54) is 0 Å². The molecule has 0 aliphatic heterocycles. The zero-order valence-corrected chi connectivity index (χ0v) is 13.9. The molecule has 1 heterocycles. The van der Waals surface area contributed by atoms with Crippen molar-refractivity contribution in [1.29, 1.82) is 0 Å². The third kappa shape index (κ3) is 3.59. The maximum atomic E-state index is 12.3. The second-order valence-corrected chi connectivity index (χ2v) is 6.30. The average Bonchev–Trinajstić information content (AvgIpc) is 2.77. The molecule has 0 saturated carbocycles. The summed E-state index contributed by atoms with van der Waals surface area (Å²) in [6.07, 6.45) is 1.74. The zero-order chi connectivity index (χ0) is 16.3. The van der Waals surface area contributed by atoms with Crippen LogP contribution >= 0.6 is 0 Å². The zero-order valence-electron chi connectivity index (χ0n) is 13.9. The number of carbonyl (C=O) groups is 1. The van der Waals surface area contributed by atoms with Crippen molar-refractivity contribution in [3.8, 4) is 0 Å². The summed E-state index contributed by atoms with van der Waals surface area (Å²) in [7, 11) is 0. The number of nitrogen functional groups attached to an aromatic ring is 1. The number of hydrogen-bond acceptors (Lipinski definition) is 3. The highest BCUT2D eigenvalue weighted by Crippen LogP contribution is 2.23. The summed E-state index contributed by atoms with van der Waals surface area (Å²) in [6, 6.07) is 5.90. The van der Waals surface area contributed by atoms with Crippen molar-refractivity contribution in [3.05, 3.63) is 24.0 Å². The van der Waals surface area contributed by atoms with Gasteiger partial charge in [0.15, 0.2) is 0 Å². The number of benzene rings is 1. The van der Waals surface area contributed by atoms with E-state index in [1.54, 1.807) is 0 Å². The molecule has 22 heavy (non-hydrogen) atoms. The highest BCUT2D eigenvalue weighted by Gasteiger charge is 2.16. The molecule has 0 aliphatic rings. The number of anilines is 1. The summed E-state index contributed by atoms with van der Waals surface area (Å²) >= 11 is 0. The van der Waals surface area contributed by atoms with Gasteiger partial charge in [0, 0.05) is 12.5 Å². The second kappa shape index (κ2) is 6.81. The van der Waals surface area contributed by atoms with Crippen molar-refractivity contribution in [2.45, 2.75) is 53.1 Å². The van der Waals surface area contributed by atoms with Crippen molar-refractivity contribution < 1.29 is 4.79 Å². The van der Waals surface area contributed by atoms with E-state index in [-0.39, 0.29) is 18.5 Å². The molecule has 1 amide bonds. The van der Waals surface area contributed by atoms with Gasteiger partial charge in [0.2, 0.25) is 5.91 Å². The number of nitrogens with zero attached hydrogens (tertiary/aromatic N) is 2. The fourth-order valence-corrected chi connectivity index (χ4v) is 2.48. The number of aromatic nitrogens is 2. The standard InChI is InChI=1S/C17H26N4O/c1-5-12(4)19-16(22)10-21-14-8-6-7-13(18)17(14)20-15(21)9-11(2)3/h6-8,11-12H,5,9-10,18H2,1-4H3,(H,19,22). The van der Waals surface area contributed by atoms with E-state index in [2.05, 4.69) is 31.1 Å².